The molecular formula is C28H18N2O2. The number of hydrogen-bond donors (Lipinski definition) is 0. The van der Waals surface area contributed by atoms with Gasteiger partial charge in [-0.2, -0.15) is 0 Å². The third kappa shape index (κ3) is 2.70. The van der Waals surface area contributed by atoms with Gasteiger partial charge in [0.2, 0.25) is 0 Å². The highest BCUT2D eigenvalue weighted by Gasteiger charge is 2.20. The van der Waals surface area contributed by atoms with Crippen LogP contribution in [0.3, 0.4) is 0 Å². The van der Waals surface area contributed by atoms with Crippen molar-refractivity contribution in [2.24, 2.45) is 0 Å². The van der Waals surface area contributed by atoms with Crippen molar-refractivity contribution in [3.63, 3.8) is 0 Å². The van der Waals surface area contributed by atoms with E-state index in [2.05, 4.69) is 53.1 Å². The Labute approximate surface area is 184 Å². The Balaban J connectivity index is 1.73. The van der Waals surface area contributed by atoms with E-state index in [9.17, 15) is 10.1 Å². The Morgan fingerprint density at radius 2 is 1.31 bits per heavy atom. The number of nitro groups is 1. The first-order chi connectivity index (χ1) is 15.7. The number of aromatic nitrogens is 1. The fraction of sp³-hybridized carbons (Fsp3) is 0. The number of hydrogen-bond acceptors (Lipinski definition) is 2. The minimum atomic E-state index is -0.309. The number of nitrogens with zero attached hydrogens (tertiary/aromatic N) is 2. The second-order valence-electron chi connectivity index (χ2n) is 7.86. The number of fused-ring (bicyclic) bond motifs is 4. The fourth-order valence-electron chi connectivity index (χ4n) is 4.70. The molecule has 0 atom stereocenters. The number of nitro benzene ring substituents is 1. The Morgan fingerprint density at radius 3 is 2.19 bits per heavy atom. The summed E-state index contributed by atoms with van der Waals surface area (Å²) in [6.07, 6.45) is 0. The first-order valence-corrected chi connectivity index (χ1v) is 10.5. The van der Waals surface area contributed by atoms with Crippen molar-refractivity contribution in [2.45, 2.75) is 0 Å². The summed E-state index contributed by atoms with van der Waals surface area (Å²) in [4.78, 5) is 11.4. The number of rotatable bonds is 3. The molecule has 6 rings (SSSR count). The zero-order valence-corrected chi connectivity index (χ0v) is 17.1. The minimum Gasteiger partial charge on any atom is -0.309 e. The molecule has 0 aliphatic rings. The van der Waals surface area contributed by atoms with Crippen LogP contribution in [-0.2, 0) is 0 Å². The van der Waals surface area contributed by atoms with Gasteiger partial charge in [0, 0.05) is 22.5 Å². The molecule has 1 aromatic heterocycles. The van der Waals surface area contributed by atoms with Crippen LogP contribution < -0.4 is 0 Å². The van der Waals surface area contributed by atoms with Gasteiger partial charge in [0.15, 0.2) is 0 Å². The molecule has 6 aromatic rings. The number of benzene rings is 5. The van der Waals surface area contributed by atoms with Gasteiger partial charge in [0.25, 0.3) is 5.69 Å². The predicted molar refractivity (Wildman–Crippen MR) is 130 cm³/mol. The van der Waals surface area contributed by atoms with Crippen molar-refractivity contribution in [1.82, 2.24) is 4.57 Å². The van der Waals surface area contributed by atoms with Gasteiger partial charge in [-0.1, -0.05) is 72.8 Å². The summed E-state index contributed by atoms with van der Waals surface area (Å²) in [7, 11) is 0. The summed E-state index contributed by atoms with van der Waals surface area (Å²) in [5.74, 6) is 0. The molecule has 0 spiro atoms. The summed E-state index contributed by atoms with van der Waals surface area (Å²) >= 11 is 0. The van der Waals surface area contributed by atoms with E-state index in [0.29, 0.717) is 5.56 Å². The highest BCUT2D eigenvalue weighted by molar-refractivity contribution is 6.16. The first-order valence-electron chi connectivity index (χ1n) is 10.5. The van der Waals surface area contributed by atoms with Crippen LogP contribution in [0.25, 0.3) is 49.4 Å². The van der Waals surface area contributed by atoms with E-state index >= 15 is 0 Å². The SMILES string of the molecule is O=[N+]([O-])c1ccccc1-c1cccc2c1c1ccccc1n2-c1ccc2ccccc2c1. The molecule has 0 bridgehead atoms. The van der Waals surface area contributed by atoms with Gasteiger partial charge in [-0.05, 0) is 46.7 Å². The third-order valence-electron chi connectivity index (χ3n) is 6.08. The summed E-state index contributed by atoms with van der Waals surface area (Å²) in [6.45, 7) is 0. The lowest BCUT2D eigenvalue weighted by Crippen LogP contribution is -1.94. The lowest BCUT2D eigenvalue weighted by molar-refractivity contribution is -0.384. The summed E-state index contributed by atoms with van der Waals surface area (Å²) in [5.41, 5.74) is 4.77. The van der Waals surface area contributed by atoms with E-state index in [4.69, 9.17) is 0 Å². The zero-order chi connectivity index (χ0) is 21.7. The molecule has 152 valence electrons. The molecule has 0 saturated carbocycles. The van der Waals surface area contributed by atoms with E-state index in [0.717, 1.165) is 33.1 Å². The lowest BCUT2D eigenvalue weighted by Gasteiger charge is -2.10. The van der Waals surface area contributed by atoms with Gasteiger partial charge in [0.1, 0.15) is 0 Å². The van der Waals surface area contributed by atoms with E-state index in [1.807, 2.05) is 48.5 Å². The normalized spacial score (nSPS) is 11.4. The Morgan fingerprint density at radius 1 is 0.625 bits per heavy atom. The third-order valence-corrected chi connectivity index (χ3v) is 6.08. The number of para-hydroxylation sites is 2. The maximum atomic E-state index is 11.7. The first kappa shape index (κ1) is 18.3. The van der Waals surface area contributed by atoms with Gasteiger partial charge in [-0.15, -0.1) is 0 Å². The van der Waals surface area contributed by atoms with Crippen LogP contribution in [0.5, 0.6) is 0 Å². The van der Waals surface area contributed by atoms with E-state index in [1.54, 1.807) is 12.1 Å². The van der Waals surface area contributed by atoms with Gasteiger partial charge in [0.05, 0.1) is 21.5 Å². The molecule has 0 N–H and O–H groups in total. The maximum Gasteiger partial charge on any atom is 0.277 e. The van der Waals surface area contributed by atoms with Crippen molar-refractivity contribution in [3.05, 3.63) is 119 Å². The average molecular weight is 414 g/mol. The topological polar surface area (TPSA) is 48.1 Å². The molecule has 0 aliphatic heterocycles. The van der Waals surface area contributed by atoms with Crippen LogP contribution in [0.2, 0.25) is 0 Å². The summed E-state index contributed by atoms with van der Waals surface area (Å²) in [6, 6.07) is 36.0. The maximum absolute atomic E-state index is 11.7. The van der Waals surface area contributed by atoms with E-state index in [1.165, 1.54) is 10.8 Å². The van der Waals surface area contributed by atoms with Gasteiger partial charge < -0.3 is 4.57 Å². The average Bonchev–Trinajstić information content (AvgIpc) is 3.18. The molecule has 0 aliphatic carbocycles. The Kier molecular flexibility index (Phi) is 4.05. The Hall–Kier alpha value is -4.44. The molecule has 1 heterocycles. The van der Waals surface area contributed by atoms with Crippen LogP contribution in [0.4, 0.5) is 5.69 Å². The molecule has 4 heteroatoms. The summed E-state index contributed by atoms with van der Waals surface area (Å²) in [5, 5.41) is 16.2. The van der Waals surface area contributed by atoms with Crippen LogP contribution in [0.1, 0.15) is 0 Å². The molecule has 4 nitrogen and oxygen atoms in total. The second-order valence-corrected chi connectivity index (χ2v) is 7.86. The Bertz CT molecular complexity index is 1660. The van der Waals surface area contributed by atoms with Crippen molar-refractivity contribution < 1.29 is 4.92 Å². The van der Waals surface area contributed by atoms with Crippen molar-refractivity contribution in [3.8, 4) is 16.8 Å². The molecule has 0 fully saturated rings. The minimum absolute atomic E-state index is 0.113. The monoisotopic (exact) mass is 414 g/mol. The quantitative estimate of drug-likeness (QED) is 0.222. The molecule has 0 unspecified atom stereocenters. The van der Waals surface area contributed by atoms with Crippen LogP contribution in [0.15, 0.2) is 109 Å². The lowest BCUT2D eigenvalue weighted by atomic mass is 9.98. The van der Waals surface area contributed by atoms with Crippen molar-refractivity contribution in [2.75, 3.05) is 0 Å². The molecule has 0 radical (unpaired) electrons. The van der Waals surface area contributed by atoms with Crippen molar-refractivity contribution >= 4 is 38.3 Å². The highest BCUT2D eigenvalue weighted by atomic mass is 16.6. The van der Waals surface area contributed by atoms with Gasteiger partial charge in [-0.25, -0.2) is 0 Å². The predicted octanol–water partition coefficient (Wildman–Crippen LogP) is 7.51. The van der Waals surface area contributed by atoms with E-state index < -0.39 is 0 Å². The summed E-state index contributed by atoms with van der Waals surface area (Å²) < 4.78 is 2.25. The molecule has 32 heavy (non-hydrogen) atoms. The largest absolute Gasteiger partial charge is 0.309 e. The van der Waals surface area contributed by atoms with Crippen LogP contribution in [0, 0.1) is 10.1 Å². The van der Waals surface area contributed by atoms with Gasteiger partial charge in [-0.3, -0.25) is 10.1 Å². The fourth-order valence-corrected chi connectivity index (χ4v) is 4.70. The zero-order valence-electron chi connectivity index (χ0n) is 17.1. The van der Waals surface area contributed by atoms with Gasteiger partial charge >= 0.3 is 0 Å². The molecule has 0 saturated heterocycles. The van der Waals surface area contributed by atoms with Crippen molar-refractivity contribution in [1.29, 1.82) is 0 Å². The molecule has 0 amide bonds. The van der Waals surface area contributed by atoms with Crippen LogP contribution in [-0.4, -0.2) is 9.49 Å². The second kappa shape index (κ2) is 7.06. The molecule has 5 aromatic carbocycles. The standard InChI is InChI=1S/C28H18N2O2/c31-30(32)26-14-6-3-10-22(26)23-12-7-15-27-28(23)24-11-4-5-13-25(24)29(27)21-17-16-19-8-1-2-9-20(19)18-21/h1-18H. The molecular weight excluding hydrogens is 396 g/mol. The van der Waals surface area contributed by atoms with E-state index in [-0.39, 0.29) is 10.6 Å². The smallest absolute Gasteiger partial charge is 0.277 e. The highest BCUT2D eigenvalue weighted by Crippen LogP contribution is 2.41. The van der Waals surface area contributed by atoms with Crippen LogP contribution >= 0.6 is 0 Å².